The molecule has 0 spiro atoms. The molecule has 0 bridgehead atoms. The van der Waals surface area contributed by atoms with E-state index in [1.165, 1.54) is 4.90 Å². The van der Waals surface area contributed by atoms with Gasteiger partial charge in [0.2, 0.25) is 5.91 Å². The molecule has 0 saturated heterocycles. The van der Waals surface area contributed by atoms with Crippen molar-refractivity contribution in [2.24, 2.45) is 0 Å². The van der Waals surface area contributed by atoms with E-state index in [1.807, 2.05) is 13.0 Å². The maximum atomic E-state index is 12.8. The van der Waals surface area contributed by atoms with Crippen LogP contribution in [0.5, 0.6) is 5.75 Å². The van der Waals surface area contributed by atoms with E-state index in [2.05, 4.69) is 5.32 Å². The number of nitrogens with one attached hydrogen (secondary N) is 1. The number of benzene rings is 2. The summed E-state index contributed by atoms with van der Waals surface area (Å²) in [6.45, 7) is 3.64. The van der Waals surface area contributed by atoms with Crippen LogP contribution in [0.4, 0.5) is 11.4 Å². The first kappa shape index (κ1) is 22.6. The molecular formula is C23H25ClN2O5. The fraction of sp³-hybridized carbons (Fsp3) is 0.348. The molecule has 0 aliphatic carbocycles. The summed E-state index contributed by atoms with van der Waals surface area (Å²) >= 11 is 5.92. The lowest BCUT2D eigenvalue weighted by atomic mass is 10.1. The molecule has 3 rings (SSSR count). The van der Waals surface area contributed by atoms with Gasteiger partial charge < -0.3 is 19.7 Å². The minimum atomic E-state index is -0.477. The van der Waals surface area contributed by atoms with Gasteiger partial charge in [-0.25, -0.2) is 0 Å². The van der Waals surface area contributed by atoms with E-state index in [1.54, 1.807) is 43.3 Å². The Hall–Kier alpha value is -3.06. The van der Waals surface area contributed by atoms with E-state index in [9.17, 15) is 14.4 Å². The zero-order chi connectivity index (χ0) is 22.4. The molecule has 1 unspecified atom stereocenters. The van der Waals surface area contributed by atoms with Crippen molar-refractivity contribution < 1.29 is 23.9 Å². The van der Waals surface area contributed by atoms with Crippen LogP contribution in [-0.4, -0.2) is 37.0 Å². The van der Waals surface area contributed by atoms with E-state index in [4.69, 9.17) is 21.1 Å². The number of amides is 2. The van der Waals surface area contributed by atoms with Crippen molar-refractivity contribution in [1.82, 2.24) is 0 Å². The highest BCUT2D eigenvalue weighted by Crippen LogP contribution is 2.31. The van der Waals surface area contributed by atoms with Crippen molar-refractivity contribution in [2.45, 2.75) is 39.2 Å². The number of ether oxygens (including phenoxy) is 2. The molecule has 0 saturated carbocycles. The number of aryl methyl sites for hydroxylation is 1. The van der Waals surface area contributed by atoms with Crippen molar-refractivity contribution in [2.75, 3.05) is 23.4 Å². The molecule has 1 aliphatic heterocycles. The van der Waals surface area contributed by atoms with Gasteiger partial charge in [0.15, 0.2) is 6.61 Å². The Morgan fingerprint density at radius 1 is 1.23 bits per heavy atom. The van der Waals surface area contributed by atoms with Crippen LogP contribution in [0.1, 0.15) is 31.7 Å². The normalized spacial score (nSPS) is 15.5. The van der Waals surface area contributed by atoms with Crippen LogP contribution >= 0.6 is 11.6 Å². The zero-order valence-electron chi connectivity index (χ0n) is 17.5. The van der Waals surface area contributed by atoms with Crippen LogP contribution in [0.25, 0.3) is 0 Å². The maximum absolute atomic E-state index is 12.8. The number of carbonyl (C=O) groups is 3. The molecule has 0 aromatic heterocycles. The van der Waals surface area contributed by atoms with Crippen molar-refractivity contribution in [3.05, 3.63) is 53.1 Å². The Kier molecular flexibility index (Phi) is 7.52. The van der Waals surface area contributed by atoms with E-state index < -0.39 is 5.97 Å². The highest BCUT2D eigenvalue weighted by molar-refractivity contribution is 6.30. The lowest BCUT2D eigenvalue weighted by molar-refractivity contribution is -0.148. The number of hydrogen-bond acceptors (Lipinski definition) is 5. The van der Waals surface area contributed by atoms with E-state index in [0.717, 1.165) is 5.56 Å². The number of fused-ring (bicyclic) bond motifs is 1. The lowest BCUT2D eigenvalue weighted by Crippen LogP contribution is -2.41. The first-order chi connectivity index (χ1) is 14.8. The number of rotatable bonds is 7. The quantitative estimate of drug-likeness (QED) is 0.513. The molecule has 8 heteroatoms. The Morgan fingerprint density at radius 3 is 2.77 bits per heavy atom. The second kappa shape index (κ2) is 10.3. The summed E-state index contributed by atoms with van der Waals surface area (Å²) in [5, 5.41) is 3.43. The Balaban J connectivity index is 1.48. The second-order valence-corrected chi connectivity index (χ2v) is 7.84. The van der Waals surface area contributed by atoms with Gasteiger partial charge in [0.1, 0.15) is 5.75 Å². The van der Waals surface area contributed by atoms with E-state index >= 15 is 0 Å². The summed E-state index contributed by atoms with van der Waals surface area (Å²) in [5.41, 5.74) is 2.07. The lowest BCUT2D eigenvalue weighted by Gasteiger charge is -2.27. The molecule has 2 aromatic rings. The van der Waals surface area contributed by atoms with Crippen molar-refractivity contribution in [3.63, 3.8) is 0 Å². The molecule has 0 radical (unpaired) electrons. The van der Waals surface area contributed by atoms with Gasteiger partial charge in [0, 0.05) is 23.9 Å². The van der Waals surface area contributed by atoms with Crippen LogP contribution in [0, 0.1) is 6.92 Å². The predicted octanol–water partition coefficient (Wildman–Crippen LogP) is 4.11. The first-order valence-electron chi connectivity index (χ1n) is 10.1. The minimum Gasteiger partial charge on any atom is -0.493 e. The highest BCUT2D eigenvalue weighted by atomic mass is 35.5. The van der Waals surface area contributed by atoms with Crippen LogP contribution < -0.4 is 15.0 Å². The summed E-state index contributed by atoms with van der Waals surface area (Å²) < 4.78 is 10.8. The monoisotopic (exact) mass is 444 g/mol. The van der Waals surface area contributed by atoms with Gasteiger partial charge in [-0.2, -0.15) is 0 Å². The fourth-order valence-electron chi connectivity index (χ4n) is 3.43. The third kappa shape index (κ3) is 5.98. The number of para-hydroxylation sites is 2. The van der Waals surface area contributed by atoms with Gasteiger partial charge in [-0.3, -0.25) is 14.4 Å². The number of hydrogen-bond donors (Lipinski definition) is 1. The Bertz CT molecular complexity index is 978. The molecule has 1 aliphatic rings. The smallest absolute Gasteiger partial charge is 0.306 e. The van der Waals surface area contributed by atoms with Gasteiger partial charge >= 0.3 is 5.97 Å². The molecule has 1 atom stereocenters. The third-order valence-electron chi connectivity index (χ3n) is 4.90. The summed E-state index contributed by atoms with van der Waals surface area (Å²) in [5.74, 6) is -0.305. The van der Waals surface area contributed by atoms with Crippen LogP contribution in [0.3, 0.4) is 0 Å². The molecule has 31 heavy (non-hydrogen) atoms. The number of carbonyl (C=O) groups excluding carboxylic acids is 3. The van der Waals surface area contributed by atoms with Crippen LogP contribution in [0.15, 0.2) is 42.5 Å². The number of anilines is 2. The number of nitrogens with zero attached hydrogens (tertiary/aromatic N) is 1. The van der Waals surface area contributed by atoms with Gasteiger partial charge in [0.05, 0.1) is 18.0 Å². The summed E-state index contributed by atoms with van der Waals surface area (Å²) in [6.07, 6.45) is 0.748. The van der Waals surface area contributed by atoms with Crippen molar-refractivity contribution in [3.8, 4) is 5.75 Å². The summed E-state index contributed by atoms with van der Waals surface area (Å²) in [7, 11) is 0. The Morgan fingerprint density at radius 2 is 2.00 bits per heavy atom. The molecule has 2 aromatic carbocycles. The van der Waals surface area contributed by atoms with Crippen LogP contribution in [0.2, 0.25) is 5.02 Å². The third-order valence-corrected chi connectivity index (χ3v) is 5.14. The average molecular weight is 445 g/mol. The summed E-state index contributed by atoms with van der Waals surface area (Å²) in [4.78, 5) is 38.4. The van der Waals surface area contributed by atoms with E-state index in [-0.39, 0.29) is 37.3 Å². The van der Waals surface area contributed by atoms with Crippen molar-refractivity contribution >= 4 is 40.8 Å². The highest BCUT2D eigenvalue weighted by Gasteiger charge is 2.30. The summed E-state index contributed by atoms with van der Waals surface area (Å²) in [6, 6.07) is 12.0. The number of halogens is 1. The van der Waals surface area contributed by atoms with E-state index in [0.29, 0.717) is 35.2 Å². The zero-order valence-corrected chi connectivity index (χ0v) is 18.3. The van der Waals surface area contributed by atoms with Crippen molar-refractivity contribution in [1.29, 1.82) is 0 Å². The van der Waals surface area contributed by atoms with Gasteiger partial charge in [-0.15, -0.1) is 0 Å². The van der Waals surface area contributed by atoms with Gasteiger partial charge in [0.25, 0.3) is 5.91 Å². The minimum absolute atomic E-state index is 0.131. The van der Waals surface area contributed by atoms with Gasteiger partial charge in [-0.05, 0) is 56.2 Å². The predicted molar refractivity (Wildman–Crippen MR) is 119 cm³/mol. The molecule has 1 N–H and O–H groups in total. The fourth-order valence-corrected chi connectivity index (χ4v) is 3.65. The maximum Gasteiger partial charge on any atom is 0.306 e. The molecular weight excluding hydrogens is 420 g/mol. The Labute approximate surface area is 186 Å². The van der Waals surface area contributed by atoms with Gasteiger partial charge in [-0.1, -0.05) is 23.7 Å². The first-order valence-corrected chi connectivity index (χ1v) is 10.5. The average Bonchev–Trinajstić information content (AvgIpc) is 2.84. The molecule has 7 nitrogen and oxygen atoms in total. The molecule has 0 fully saturated rings. The standard InChI is InChI=1S/C23H25ClN2O5/c1-15-12-17(24)9-10-20(15)30-11-5-8-23(29)31-14-22(28)26-16(2)13-21(27)25-18-6-3-4-7-19(18)26/h3-4,6-7,9-10,12,16H,5,8,11,13-14H2,1-2H3,(H,25,27). The topological polar surface area (TPSA) is 84.9 Å². The SMILES string of the molecule is Cc1cc(Cl)ccc1OCCCC(=O)OCC(=O)N1c2ccccc2NC(=O)CC1C. The number of esters is 1. The molecule has 1 heterocycles. The molecule has 164 valence electrons. The van der Waals surface area contributed by atoms with Crippen LogP contribution in [-0.2, 0) is 19.1 Å². The molecule has 2 amide bonds. The second-order valence-electron chi connectivity index (χ2n) is 7.40. The largest absolute Gasteiger partial charge is 0.493 e.